The van der Waals surface area contributed by atoms with Gasteiger partial charge in [0.25, 0.3) is 0 Å². The number of nitrogens with one attached hydrogen (secondary N) is 1. The van der Waals surface area contributed by atoms with Gasteiger partial charge < -0.3 is 10.2 Å². The minimum Gasteiger partial charge on any atom is -0.355 e. The Morgan fingerprint density at radius 2 is 1.97 bits per heavy atom. The number of anilines is 1. The lowest BCUT2D eigenvalue weighted by atomic mass is 9.97. The van der Waals surface area contributed by atoms with Crippen LogP contribution in [0.5, 0.6) is 0 Å². The molecule has 1 amide bonds. The summed E-state index contributed by atoms with van der Waals surface area (Å²) in [6, 6.07) is 16.9. The number of piperidine rings is 1. The first kappa shape index (κ1) is 22.9. The number of hydrogen-bond acceptors (Lipinski definition) is 6. The van der Waals surface area contributed by atoms with E-state index >= 15 is 0 Å². The Kier molecular flexibility index (Phi) is 6.87. The molecule has 2 aromatic carbocycles. The molecule has 0 spiro atoms. The highest BCUT2D eigenvalue weighted by atomic mass is 32.2. The number of carbonyl (C=O) groups is 1. The lowest BCUT2D eigenvalue weighted by molar-refractivity contribution is -0.125. The van der Waals surface area contributed by atoms with E-state index in [1.54, 1.807) is 23.1 Å². The molecule has 5 rings (SSSR count). The van der Waals surface area contributed by atoms with Gasteiger partial charge in [0.15, 0.2) is 0 Å². The average Bonchev–Trinajstić information content (AvgIpc) is 3.45. The van der Waals surface area contributed by atoms with Crippen molar-refractivity contribution in [2.24, 2.45) is 5.92 Å². The molecule has 3 heterocycles. The zero-order chi connectivity index (χ0) is 23.5. The third-order valence-corrected chi connectivity index (χ3v) is 8.04. The number of aryl methyl sites for hydroxylation is 1. The fraction of sp³-hybridized carbons (Fsp3) is 0.346. The minimum absolute atomic E-state index is 0.00745. The number of nitrogens with zero attached hydrogens (tertiary/aromatic N) is 4. The van der Waals surface area contributed by atoms with Crippen LogP contribution in [0, 0.1) is 12.8 Å². The molecule has 34 heavy (non-hydrogen) atoms. The number of aromatic nitrogens is 3. The Hall–Kier alpha value is -2.84. The Morgan fingerprint density at radius 3 is 2.71 bits per heavy atom. The van der Waals surface area contributed by atoms with Gasteiger partial charge in [0.05, 0.1) is 17.8 Å². The summed E-state index contributed by atoms with van der Waals surface area (Å²) in [5.74, 6) is 0.139. The van der Waals surface area contributed by atoms with Gasteiger partial charge in [0.2, 0.25) is 16.0 Å². The van der Waals surface area contributed by atoms with Crippen LogP contribution in [-0.4, -0.2) is 46.4 Å². The van der Waals surface area contributed by atoms with Crippen molar-refractivity contribution in [2.45, 2.75) is 31.1 Å². The van der Waals surface area contributed by atoms with Crippen LogP contribution >= 0.6 is 23.1 Å². The second kappa shape index (κ2) is 10.2. The van der Waals surface area contributed by atoms with Crippen molar-refractivity contribution in [3.8, 4) is 11.3 Å². The van der Waals surface area contributed by atoms with E-state index < -0.39 is 0 Å². The molecule has 0 saturated carbocycles. The summed E-state index contributed by atoms with van der Waals surface area (Å²) < 4.78 is 1.86. The van der Waals surface area contributed by atoms with Crippen molar-refractivity contribution < 1.29 is 4.79 Å². The Balaban J connectivity index is 1.18. The van der Waals surface area contributed by atoms with E-state index in [0.717, 1.165) is 47.2 Å². The lowest BCUT2D eigenvalue weighted by Crippen LogP contribution is -2.43. The molecule has 1 aliphatic heterocycles. The molecule has 0 aliphatic carbocycles. The van der Waals surface area contributed by atoms with Gasteiger partial charge in [-0.3, -0.25) is 4.79 Å². The maximum atomic E-state index is 12.8. The number of thioether (sulfide) groups is 1. The van der Waals surface area contributed by atoms with Crippen molar-refractivity contribution in [3.05, 3.63) is 65.9 Å². The third kappa shape index (κ3) is 5.13. The summed E-state index contributed by atoms with van der Waals surface area (Å²) in [7, 11) is 0. The molecule has 8 heteroatoms. The SMILES string of the molecule is CSc1ccc(CCNC(=O)[C@H]2CCCN(c3nn4cc(-c5ccc(C)cc5)nc4s3)C2)cc1. The fourth-order valence-corrected chi connectivity index (χ4v) is 5.64. The van der Waals surface area contributed by atoms with Crippen molar-refractivity contribution in [2.75, 3.05) is 30.8 Å². The Labute approximate surface area is 208 Å². The molecule has 4 aromatic rings. The fourth-order valence-electron chi connectivity index (χ4n) is 4.31. The third-order valence-electron chi connectivity index (χ3n) is 6.31. The van der Waals surface area contributed by atoms with Gasteiger partial charge in [-0.05, 0) is 50.1 Å². The monoisotopic (exact) mass is 491 g/mol. The summed E-state index contributed by atoms with van der Waals surface area (Å²) in [4.78, 5) is 22.0. The van der Waals surface area contributed by atoms with E-state index in [9.17, 15) is 4.79 Å². The van der Waals surface area contributed by atoms with Crippen LogP contribution in [-0.2, 0) is 11.2 Å². The predicted molar refractivity (Wildman–Crippen MR) is 141 cm³/mol. The number of benzene rings is 2. The summed E-state index contributed by atoms with van der Waals surface area (Å²) in [6.45, 7) is 4.38. The highest BCUT2D eigenvalue weighted by molar-refractivity contribution is 7.98. The molecule has 1 atom stereocenters. The van der Waals surface area contributed by atoms with Gasteiger partial charge in [-0.1, -0.05) is 53.3 Å². The van der Waals surface area contributed by atoms with Crippen LogP contribution in [0.4, 0.5) is 5.13 Å². The highest BCUT2D eigenvalue weighted by Crippen LogP contribution is 2.30. The van der Waals surface area contributed by atoms with Crippen molar-refractivity contribution >= 4 is 39.1 Å². The van der Waals surface area contributed by atoms with Gasteiger partial charge in [0, 0.05) is 30.1 Å². The van der Waals surface area contributed by atoms with E-state index in [2.05, 4.69) is 71.9 Å². The minimum atomic E-state index is -0.00745. The Morgan fingerprint density at radius 1 is 1.18 bits per heavy atom. The molecule has 0 radical (unpaired) electrons. The number of amides is 1. The lowest BCUT2D eigenvalue weighted by Gasteiger charge is -2.31. The van der Waals surface area contributed by atoms with Crippen LogP contribution in [0.2, 0.25) is 0 Å². The molecule has 176 valence electrons. The van der Waals surface area contributed by atoms with Crippen LogP contribution in [0.1, 0.15) is 24.0 Å². The second-order valence-electron chi connectivity index (χ2n) is 8.78. The van der Waals surface area contributed by atoms with E-state index in [0.29, 0.717) is 13.1 Å². The number of carbonyl (C=O) groups excluding carboxylic acids is 1. The molecular formula is C26H29N5OS2. The standard InChI is InChI=1S/C26H29N5OS2/c1-18-5-9-20(10-6-18)23-17-31-25(28-23)34-26(29-31)30-15-3-4-21(16-30)24(32)27-14-13-19-7-11-22(33-2)12-8-19/h5-12,17,21H,3-4,13-16H2,1-2H3,(H,27,32)/t21-/m0/s1. The predicted octanol–water partition coefficient (Wildman–Crippen LogP) is 5.06. The maximum absolute atomic E-state index is 12.8. The van der Waals surface area contributed by atoms with E-state index in [4.69, 9.17) is 10.1 Å². The van der Waals surface area contributed by atoms with Gasteiger partial charge in [-0.15, -0.1) is 16.9 Å². The summed E-state index contributed by atoms with van der Waals surface area (Å²) in [5, 5.41) is 8.86. The molecule has 0 bridgehead atoms. The molecule has 1 N–H and O–H groups in total. The molecular weight excluding hydrogens is 462 g/mol. The van der Waals surface area contributed by atoms with Crippen LogP contribution in [0.15, 0.2) is 59.6 Å². The summed E-state index contributed by atoms with van der Waals surface area (Å²) in [6.07, 6.45) is 6.83. The van der Waals surface area contributed by atoms with Crippen LogP contribution in [0.25, 0.3) is 16.2 Å². The van der Waals surface area contributed by atoms with Crippen molar-refractivity contribution in [3.63, 3.8) is 0 Å². The van der Waals surface area contributed by atoms with Gasteiger partial charge in [-0.25, -0.2) is 9.50 Å². The quantitative estimate of drug-likeness (QED) is 0.366. The molecule has 1 fully saturated rings. The number of fused-ring (bicyclic) bond motifs is 1. The average molecular weight is 492 g/mol. The van der Waals surface area contributed by atoms with Gasteiger partial charge in [0.1, 0.15) is 0 Å². The van der Waals surface area contributed by atoms with E-state index in [1.165, 1.54) is 16.0 Å². The topological polar surface area (TPSA) is 62.5 Å². The first-order valence-corrected chi connectivity index (χ1v) is 13.7. The summed E-state index contributed by atoms with van der Waals surface area (Å²) >= 11 is 3.33. The van der Waals surface area contributed by atoms with E-state index in [-0.39, 0.29) is 11.8 Å². The smallest absolute Gasteiger partial charge is 0.224 e. The van der Waals surface area contributed by atoms with Crippen LogP contribution in [0.3, 0.4) is 0 Å². The highest BCUT2D eigenvalue weighted by Gasteiger charge is 2.27. The first-order chi connectivity index (χ1) is 16.6. The second-order valence-corrected chi connectivity index (χ2v) is 10.6. The molecule has 1 aliphatic rings. The maximum Gasteiger partial charge on any atom is 0.224 e. The zero-order valence-corrected chi connectivity index (χ0v) is 21.2. The zero-order valence-electron chi connectivity index (χ0n) is 19.5. The van der Waals surface area contributed by atoms with E-state index in [1.807, 2.05) is 10.7 Å². The van der Waals surface area contributed by atoms with Crippen LogP contribution < -0.4 is 10.2 Å². The Bertz CT molecular complexity index is 1230. The largest absolute Gasteiger partial charge is 0.355 e. The van der Waals surface area contributed by atoms with Gasteiger partial charge >= 0.3 is 0 Å². The molecule has 2 aromatic heterocycles. The first-order valence-electron chi connectivity index (χ1n) is 11.7. The number of rotatable bonds is 7. The van der Waals surface area contributed by atoms with Crippen molar-refractivity contribution in [1.82, 2.24) is 19.9 Å². The number of hydrogen-bond donors (Lipinski definition) is 1. The molecule has 1 saturated heterocycles. The molecule has 0 unspecified atom stereocenters. The molecule has 6 nitrogen and oxygen atoms in total. The number of imidazole rings is 1. The van der Waals surface area contributed by atoms with Gasteiger partial charge in [-0.2, -0.15) is 0 Å². The summed E-state index contributed by atoms with van der Waals surface area (Å²) in [5.41, 5.74) is 4.52. The van der Waals surface area contributed by atoms with Crippen molar-refractivity contribution in [1.29, 1.82) is 0 Å². The normalized spacial score (nSPS) is 16.2.